The van der Waals surface area contributed by atoms with Crippen LogP contribution in [0.2, 0.25) is 0 Å². The molecular weight excluding hydrogens is 264 g/mol. The lowest BCUT2D eigenvalue weighted by molar-refractivity contribution is 0.0552. The third kappa shape index (κ3) is 7.20. The van der Waals surface area contributed by atoms with Gasteiger partial charge in [0.1, 0.15) is 5.60 Å². The van der Waals surface area contributed by atoms with E-state index in [-0.39, 0.29) is 0 Å². The molecule has 0 bridgehead atoms. The van der Waals surface area contributed by atoms with Crippen LogP contribution >= 0.6 is 0 Å². The van der Waals surface area contributed by atoms with E-state index in [0.29, 0.717) is 6.54 Å². The van der Waals surface area contributed by atoms with Gasteiger partial charge in [-0.15, -0.1) is 6.58 Å². The van der Waals surface area contributed by atoms with Gasteiger partial charge in [-0.3, -0.25) is 5.32 Å². The van der Waals surface area contributed by atoms with Gasteiger partial charge in [-0.05, 0) is 39.0 Å². The van der Waals surface area contributed by atoms with Crippen molar-refractivity contribution >= 4 is 11.8 Å². The van der Waals surface area contributed by atoms with Crippen molar-refractivity contribution in [3.05, 3.63) is 55.3 Å². The maximum Gasteiger partial charge on any atom is 0.411 e. The van der Waals surface area contributed by atoms with Crippen molar-refractivity contribution in [2.24, 2.45) is 0 Å². The van der Waals surface area contributed by atoms with Gasteiger partial charge in [-0.25, -0.2) is 4.79 Å². The second kappa shape index (κ2) is 8.15. The Morgan fingerprint density at radius 1 is 1.29 bits per heavy atom. The first kappa shape index (κ1) is 16.8. The number of nitrogens with one attached hydrogen (secondary N) is 1. The highest BCUT2D eigenvalue weighted by atomic mass is 16.6. The summed E-state index contributed by atoms with van der Waals surface area (Å²) >= 11 is 0. The molecule has 0 aromatic heterocycles. The molecule has 0 atom stereocenters. The molecule has 0 saturated carbocycles. The minimum atomic E-state index is -0.489. The summed E-state index contributed by atoms with van der Waals surface area (Å²) in [4.78, 5) is 13.6. The van der Waals surface area contributed by atoms with Crippen LogP contribution in [0.25, 0.3) is 0 Å². The summed E-state index contributed by atoms with van der Waals surface area (Å²) in [6, 6.07) is 10.1. The van der Waals surface area contributed by atoms with E-state index < -0.39 is 11.7 Å². The van der Waals surface area contributed by atoms with Gasteiger partial charge < -0.3 is 9.64 Å². The Labute approximate surface area is 127 Å². The fourth-order valence-electron chi connectivity index (χ4n) is 1.69. The number of benzene rings is 1. The highest BCUT2D eigenvalue weighted by molar-refractivity contribution is 5.68. The Bertz CT molecular complexity index is 475. The van der Waals surface area contributed by atoms with Crippen molar-refractivity contribution in [1.82, 2.24) is 5.32 Å². The third-order valence-electron chi connectivity index (χ3n) is 2.51. The SMILES string of the molecule is C=CCN(C/C=C/NC(=O)OC(C)(C)C)c1ccccc1. The van der Waals surface area contributed by atoms with Crippen LogP contribution in [-0.4, -0.2) is 24.8 Å². The minimum absolute atomic E-state index is 0.450. The van der Waals surface area contributed by atoms with E-state index in [1.807, 2.05) is 63.3 Å². The zero-order valence-electron chi connectivity index (χ0n) is 13.0. The van der Waals surface area contributed by atoms with Crippen molar-refractivity contribution < 1.29 is 9.53 Å². The van der Waals surface area contributed by atoms with Crippen LogP contribution in [-0.2, 0) is 4.74 Å². The van der Waals surface area contributed by atoms with Crippen LogP contribution in [0.15, 0.2) is 55.3 Å². The summed E-state index contributed by atoms with van der Waals surface area (Å²) in [6.07, 6.45) is 4.88. The zero-order valence-corrected chi connectivity index (χ0v) is 13.0. The molecule has 0 aliphatic rings. The van der Waals surface area contributed by atoms with Gasteiger partial charge in [-0.1, -0.05) is 24.3 Å². The van der Waals surface area contributed by atoms with E-state index in [2.05, 4.69) is 16.8 Å². The van der Waals surface area contributed by atoms with Gasteiger partial charge in [0.2, 0.25) is 0 Å². The number of para-hydroxylation sites is 1. The minimum Gasteiger partial charge on any atom is -0.444 e. The normalized spacial score (nSPS) is 11.2. The number of amides is 1. The van der Waals surface area contributed by atoms with E-state index in [0.717, 1.165) is 12.2 Å². The Hall–Kier alpha value is -2.23. The molecular formula is C17H24N2O2. The molecule has 114 valence electrons. The number of nitrogens with zero attached hydrogens (tertiary/aromatic N) is 1. The van der Waals surface area contributed by atoms with Crippen LogP contribution in [0, 0.1) is 0 Å². The Morgan fingerprint density at radius 3 is 2.52 bits per heavy atom. The summed E-state index contributed by atoms with van der Waals surface area (Å²) in [5, 5.41) is 2.59. The smallest absolute Gasteiger partial charge is 0.411 e. The van der Waals surface area contributed by atoms with Crippen LogP contribution in [0.5, 0.6) is 0 Å². The third-order valence-corrected chi connectivity index (χ3v) is 2.51. The van der Waals surface area contributed by atoms with Gasteiger partial charge in [0, 0.05) is 25.0 Å². The van der Waals surface area contributed by atoms with Crippen LogP contribution in [0.1, 0.15) is 20.8 Å². The summed E-state index contributed by atoms with van der Waals surface area (Å²) in [5.74, 6) is 0. The standard InChI is InChI=1S/C17H24N2O2/c1-5-13-19(15-10-7-6-8-11-15)14-9-12-18-16(20)21-17(2,3)4/h5-12H,1,13-14H2,2-4H3,(H,18,20)/b12-9+. The molecule has 0 saturated heterocycles. The van der Waals surface area contributed by atoms with E-state index in [1.165, 1.54) is 0 Å². The molecule has 21 heavy (non-hydrogen) atoms. The molecule has 0 heterocycles. The molecule has 1 N–H and O–H groups in total. The number of hydrogen-bond donors (Lipinski definition) is 1. The number of hydrogen-bond acceptors (Lipinski definition) is 3. The fraction of sp³-hybridized carbons (Fsp3) is 0.353. The van der Waals surface area contributed by atoms with Crippen molar-refractivity contribution in [3.8, 4) is 0 Å². The van der Waals surface area contributed by atoms with Gasteiger partial charge in [-0.2, -0.15) is 0 Å². The lowest BCUT2D eigenvalue weighted by atomic mass is 10.2. The highest BCUT2D eigenvalue weighted by Crippen LogP contribution is 2.12. The number of anilines is 1. The molecule has 0 unspecified atom stereocenters. The molecule has 0 fully saturated rings. The molecule has 0 aliphatic carbocycles. The highest BCUT2D eigenvalue weighted by Gasteiger charge is 2.14. The second-order valence-corrected chi connectivity index (χ2v) is 5.58. The van der Waals surface area contributed by atoms with Gasteiger partial charge >= 0.3 is 6.09 Å². The number of carbonyl (C=O) groups is 1. The first-order chi connectivity index (χ1) is 9.92. The Morgan fingerprint density at radius 2 is 1.95 bits per heavy atom. The maximum atomic E-state index is 11.5. The van der Waals surface area contributed by atoms with E-state index in [4.69, 9.17) is 4.74 Å². The summed E-state index contributed by atoms with van der Waals surface area (Å²) < 4.78 is 5.15. The van der Waals surface area contributed by atoms with Gasteiger partial charge in [0.15, 0.2) is 0 Å². The first-order valence-corrected chi connectivity index (χ1v) is 6.98. The van der Waals surface area contributed by atoms with Crippen molar-refractivity contribution in [1.29, 1.82) is 0 Å². The number of alkyl carbamates (subject to hydrolysis) is 1. The van der Waals surface area contributed by atoms with E-state index in [1.54, 1.807) is 6.20 Å². The van der Waals surface area contributed by atoms with Crippen molar-refractivity contribution in [2.75, 3.05) is 18.0 Å². The molecule has 0 radical (unpaired) electrons. The number of rotatable bonds is 6. The molecule has 1 amide bonds. The molecule has 4 heteroatoms. The van der Waals surface area contributed by atoms with Crippen molar-refractivity contribution in [3.63, 3.8) is 0 Å². The number of carbonyl (C=O) groups excluding carboxylic acids is 1. The largest absolute Gasteiger partial charge is 0.444 e. The fourth-order valence-corrected chi connectivity index (χ4v) is 1.69. The molecule has 1 rings (SSSR count). The first-order valence-electron chi connectivity index (χ1n) is 6.98. The second-order valence-electron chi connectivity index (χ2n) is 5.58. The molecule has 1 aromatic rings. The lowest BCUT2D eigenvalue weighted by Gasteiger charge is -2.21. The van der Waals surface area contributed by atoms with Crippen LogP contribution in [0.4, 0.5) is 10.5 Å². The van der Waals surface area contributed by atoms with Crippen LogP contribution < -0.4 is 10.2 Å². The van der Waals surface area contributed by atoms with Gasteiger partial charge in [0.25, 0.3) is 0 Å². The lowest BCUT2D eigenvalue weighted by Crippen LogP contribution is -2.30. The quantitative estimate of drug-likeness (QED) is 0.811. The molecule has 0 aliphatic heterocycles. The topological polar surface area (TPSA) is 41.6 Å². The van der Waals surface area contributed by atoms with E-state index in [9.17, 15) is 4.79 Å². The summed E-state index contributed by atoms with van der Waals surface area (Å²) in [7, 11) is 0. The monoisotopic (exact) mass is 288 g/mol. The van der Waals surface area contributed by atoms with E-state index >= 15 is 0 Å². The average molecular weight is 288 g/mol. The Balaban J connectivity index is 2.49. The predicted octanol–water partition coefficient (Wildman–Crippen LogP) is 3.72. The average Bonchev–Trinajstić information content (AvgIpc) is 2.41. The molecule has 4 nitrogen and oxygen atoms in total. The summed E-state index contributed by atoms with van der Waals surface area (Å²) in [5.41, 5.74) is 0.621. The Kier molecular flexibility index (Phi) is 6.53. The molecule has 1 aromatic carbocycles. The van der Waals surface area contributed by atoms with Crippen molar-refractivity contribution in [2.45, 2.75) is 26.4 Å². The molecule has 0 spiro atoms. The van der Waals surface area contributed by atoms with Gasteiger partial charge in [0.05, 0.1) is 0 Å². The maximum absolute atomic E-state index is 11.5. The number of ether oxygens (including phenoxy) is 1. The summed E-state index contributed by atoms with van der Waals surface area (Å²) in [6.45, 7) is 10.7. The van der Waals surface area contributed by atoms with Crippen LogP contribution in [0.3, 0.4) is 0 Å². The zero-order chi connectivity index (χ0) is 15.7. The predicted molar refractivity (Wildman–Crippen MR) is 87.4 cm³/mol.